The number of nitrogens with one attached hydrogen (secondary N) is 1. The molecule has 2 aromatic rings. The first kappa shape index (κ1) is 16.6. The standard InChI is InChI=1S/C19H22N2O3/c1-13-9-15(7-8-20-13)10-16-11-17(21-18(16)22)19(23)24-12-14-5-3-2-4-6-14/h2-9,16-18,21-22H,10-12H2,1H3/t16-,17+,18?/m0/s1. The number of esters is 1. The average Bonchev–Trinajstić information content (AvgIpc) is 2.94. The van der Waals surface area contributed by atoms with E-state index >= 15 is 0 Å². The fraction of sp³-hybridized carbons (Fsp3) is 0.368. The largest absolute Gasteiger partial charge is 0.460 e. The summed E-state index contributed by atoms with van der Waals surface area (Å²) >= 11 is 0. The lowest BCUT2D eigenvalue weighted by Crippen LogP contribution is -2.37. The van der Waals surface area contributed by atoms with Crippen LogP contribution >= 0.6 is 0 Å². The SMILES string of the molecule is Cc1cc(C[C@H]2C[C@H](C(=O)OCc3ccccc3)NC2O)ccn1. The van der Waals surface area contributed by atoms with E-state index in [2.05, 4.69) is 10.3 Å². The van der Waals surface area contributed by atoms with Crippen LogP contribution in [0.5, 0.6) is 0 Å². The molecular weight excluding hydrogens is 304 g/mol. The van der Waals surface area contributed by atoms with Crippen molar-refractivity contribution in [3.8, 4) is 0 Å². The van der Waals surface area contributed by atoms with Gasteiger partial charge >= 0.3 is 5.97 Å². The Bertz CT molecular complexity index is 690. The third-order valence-corrected chi connectivity index (χ3v) is 4.32. The molecule has 1 aliphatic rings. The maximum Gasteiger partial charge on any atom is 0.323 e. The third kappa shape index (κ3) is 4.19. The topological polar surface area (TPSA) is 71.5 Å². The van der Waals surface area contributed by atoms with Gasteiger partial charge in [0, 0.05) is 17.8 Å². The Balaban J connectivity index is 1.54. The highest BCUT2D eigenvalue weighted by Crippen LogP contribution is 2.24. The maximum absolute atomic E-state index is 12.2. The fourth-order valence-electron chi connectivity index (χ4n) is 3.06. The number of carbonyl (C=O) groups excluding carboxylic acids is 1. The molecule has 3 atom stereocenters. The van der Waals surface area contributed by atoms with Crippen molar-refractivity contribution in [2.45, 2.75) is 38.6 Å². The summed E-state index contributed by atoms with van der Waals surface area (Å²) in [5, 5.41) is 13.1. The molecule has 3 rings (SSSR count). The van der Waals surface area contributed by atoms with Crippen LogP contribution in [0.4, 0.5) is 0 Å². The van der Waals surface area contributed by atoms with Crippen molar-refractivity contribution < 1.29 is 14.6 Å². The van der Waals surface area contributed by atoms with Gasteiger partial charge in [0.2, 0.25) is 0 Å². The summed E-state index contributed by atoms with van der Waals surface area (Å²) in [4.78, 5) is 16.4. The molecule has 0 spiro atoms. The van der Waals surface area contributed by atoms with Crippen LogP contribution in [0.2, 0.25) is 0 Å². The summed E-state index contributed by atoms with van der Waals surface area (Å²) in [5.74, 6) is -0.326. The molecule has 1 aromatic heterocycles. The number of aromatic nitrogens is 1. The molecule has 5 heteroatoms. The van der Waals surface area contributed by atoms with E-state index in [1.54, 1.807) is 6.20 Å². The van der Waals surface area contributed by atoms with E-state index in [1.165, 1.54) is 0 Å². The van der Waals surface area contributed by atoms with E-state index in [1.807, 2.05) is 49.4 Å². The molecular formula is C19H22N2O3. The molecule has 1 aliphatic heterocycles. The van der Waals surface area contributed by atoms with E-state index in [0.717, 1.165) is 16.8 Å². The summed E-state index contributed by atoms with van der Waals surface area (Å²) in [6.45, 7) is 2.19. The summed E-state index contributed by atoms with van der Waals surface area (Å²) in [7, 11) is 0. The Morgan fingerprint density at radius 3 is 2.83 bits per heavy atom. The molecule has 126 valence electrons. The monoisotopic (exact) mass is 326 g/mol. The molecule has 1 saturated heterocycles. The molecule has 0 bridgehead atoms. The zero-order valence-electron chi connectivity index (χ0n) is 13.7. The second kappa shape index (κ2) is 7.55. The predicted molar refractivity (Wildman–Crippen MR) is 90.0 cm³/mol. The number of benzene rings is 1. The number of aryl methyl sites for hydroxylation is 1. The number of hydrogen-bond donors (Lipinski definition) is 2. The van der Waals surface area contributed by atoms with Gasteiger partial charge in [-0.15, -0.1) is 0 Å². The Labute approximate surface area is 141 Å². The zero-order chi connectivity index (χ0) is 16.9. The number of hydrogen-bond acceptors (Lipinski definition) is 5. The number of carbonyl (C=O) groups is 1. The Kier molecular flexibility index (Phi) is 5.23. The van der Waals surface area contributed by atoms with Crippen molar-refractivity contribution in [1.82, 2.24) is 10.3 Å². The molecule has 0 aliphatic carbocycles. The first-order valence-electron chi connectivity index (χ1n) is 8.18. The van der Waals surface area contributed by atoms with Crippen LogP contribution in [0.1, 0.15) is 23.2 Å². The Morgan fingerprint density at radius 1 is 1.29 bits per heavy atom. The van der Waals surface area contributed by atoms with Crippen molar-refractivity contribution >= 4 is 5.97 Å². The minimum absolute atomic E-state index is 0.0129. The number of pyridine rings is 1. The number of nitrogens with zero attached hydrogens (tertiary/aromatic N) is 1. The Morgan fingerprint density at radius 2 is 2.08 bits per heavy atom. The van der Waals surface area contributed by atoms with Gasteiger partial charge < -0.3 is 9.84 Å². The number of rotatable bonds is 5. The lowest BCUT2D eigenvalue weighted by atomic mass is 9.96. The van der Waals surface area contributed by atoms with Crippen LogP contribution in [0.15, 0.2) is 48.7 Å². The van der Waals surface area contributed by atoms with Gasteiger partial charge in [0.25, 0.3) is 0 Å². The molecule has 1 unspecified atom stereocenters. The summed E-state index contributed by atoms with van der Waals surface area (Å²) in [5.41, 5.74) is 3.02. The summed E-state index contributed by atoms with van der Waals surface area (Å²) < 4.78 is 5.36. The van der Waals surface area contributed by atoms with Crippen molar-refractivity contribution in [2.75, 3.05) is 0 Å². The van der Waals surface area contributed by atoms with Gasteiger partial charge in [0.05, 0.1) is 0 Å². The van der Waals surface area contributed by atoms with Crippen molar-refractivity contribution in [2.24, 2.45) is 5.92 Å². The highest BCUT2D eigenvalue weighted by molar-refractivity contribution is 5.76. The van der Waals surface area contributed by atoms with Gasteiger partial charge in [-0.2, -0.15) is 0 Å². The average molecular weight is 326 g/mol. The first-order chi connectivity index (χ1) is 11.6. The molecule has 5 nitrogen and oxygen atoms in total. The highest BCUT2D eigenvalue weighted by Gasteiger charge is 2.37. The van der Waals surface area contributed by atoms with Crippen LogP contribution in [0.25, 0.3) is 0 Å². The van der Waals surface area contributed by atoms with Gasteiger partial charge in [-0.3, -0.25) is 15.1 Å². The van der Waals surface area contributed by atoms with E-state index in [9.17, 15) is 9.90 Å². The third-order valence-electron chi connectivity index (χ3n) is 4.32. The van der Waals surface area contributed by atoms with E-state index in [4.69, 9.17) is 4.74 Å². The second-order valence-electron chi connectivity index (χ2n) is 6.26. The van der Waals surface area contributed by atoms with E-state index in [-0.39, 0.29) is 18.5 Å². The first-order valence-corrected chi connectivity index (χ1v) is 8.18. The second-order valence-corrected chi connectivity index (χ2v) is 6.26. The molecule has 1 aromatic carbocycles. The van der Waals surface area contributed by atoms with Crippen molar-refractivity contribution in [3.05, 3.63) is 65.5 Å². The van der Waals surface area contributed by atoms with E-state index < -0.39 is 12.3 Å². The van der Waals surface area contributed by atoms with Crippen LogP contribution in [0, 0.1) is 12.8 Å². The van der Waals surface area contributed by atoms with Gasteiger partial charge in [0.1, 0.15) is 18.9 Å². The zero-order valence-corrected chi connectivity index (χ0v) is 13.7. The van der Waals surface area contributed by atoms with Crippen LogP contribution < -0.4 is 5.32 Å². The molecule has 0 amide bonds. The molecule has 0 saturated carbocycles. The summed E-state index contributed by atoms with van der Waals surface area (Å²) in [6, 6.07) is 13.1. The number of aliphatic hydroxyl groups is 1. The van der Waals surface area contributed by atoms with Gasteiger partial charge in [-0.1, -0.05) is 30.3 Å². The van der Waals surface area contributed by atoms with Crippen LogP contribution in [0.3, 0.4) is 0 Å². The molecule has 1 fully saturated rings. The lowest BCUT2D eigenvalue weighted by Gasteiger charge is -2.13. The van der Waals surface area contributed by atoms with Gasteiger partial charge in [-0.05, 0) is 43.0 Å². The fourth-order valence-corrected chi connectivity index (χ4v) is 3.06. The molecule has 2 N–H and O–H groups in total. The van der Waals surface area contributed by atoms with E-state index in [0.29, 0.717) is 12.8 Å². The van der Waals surface area contributed by atoms with Crippen molar-refractivity contribution in [3.63, 3.8) is 0 Å². The lowest BCUT2D eigenvalue weighted by molar-refractivity contribution is -0.147. The smallest absolute Gasteiger partial charge is 0.323 e. The van der Waals surface area contributed by atoms with Gasteiger partial charge in [-0.25, -0.2) is 0 Å². The molecule has 24 heavy (non-hydrogen) atoms. The normalized spacial score (nSPS) is 23.2. The summed E-state index contributed by atoms with van der Waals surface area (Å²) in [6.07, 6.45) is 2.34. The predicted octanol–water partition coefficient (Wildman–Crippen LogP) is 1.97. The maximum atomic E-state index is 12.2. The Hall–Kier alpha value is -2.24. The molecule has 0 radical (unpaired) electrons. The quantitative estimate of drug-likeness (QED) is 0.822. The minimum Gasteiger partial charge on any atom is -0.460 e. The highest BCUT2D eigenvalue weighted by atomic mass is 16.5. The van der Waals surface area contributed by atoms with Crippen LogP contribution in [-0.2, 0) is 22.6 Å². The van der Waals surface area contributed by atoms with Crippen molar-refractivity contribution in [1.29, 1.82) is 0 Å². The number of aliphatic hydroxyl groups excluding tert-OH is 1. The number of ether oxygens (including phenoxy) is 1. The van der Waals surface area contributed by atoms with Gasteiger partial charge in [0.15, 0.2) is 0 Å². The molecule has 2 heterocycles. The minimum atomic E-state index is -0.701. The van der Waals surface area contributed by atoms with Crippen LogP contribution in [-0.4, -0.2) is 28.3 Å².